The summed E-state index contributed by atoms with van der Waals surface area (Å²) in [6.45, 7) is 1.98. The van der Waals surface area contributed by atoms with E-state index >= 15 is 0 Å². The van der Waals surface area contributed by atoms with Crippen LogP contribution in [-0.2, 0) is 4.79 Å². The van der Waals surface area contributed by atoms with Crippen LogP contribution in [0, 0.1) is 11.3 Å². The van der Waals surface area contributed by atoms with Crippen molar-refractivity contribution in [3.05, 3.63) is 65.7 Å². The van der Waals surface area contributed by atoms with E-state index < -0.39 is 0 Å². The van der Waals surface area contributed by atoms with Crippen LogP contribution in [0.3, 0.4) is 0 Å². The lowest BCUT2D eigenvalue weighted by molar-refractivity contribution is -0.133. The van der Waals surface area contributed by atoms with Crippen LogP contribution in [0.2, 0.25) is 0 Å². The van der Waals surface area contributed by atoms with E-state index in [1.54, 1.807) is 49.5 Å². The summed E-state index contributed by atoms with van der Waals surface area (Å²) in [7, 11) is 3.20. The summed E-state index contributed by atoms with van der Waals surface area (Å²) in [5.74, 6) is 2.70. The number of para-hydroxylation sites is 1. The van der Waals surface area contributed by atoms with E-state index in [0.29, 0.717) is 43.7 Å². The van der Waals surface area contributed by atoms with E-state index in [1.807, 2.05) is 35.2 Å². The molecule has 1 fully saturated rings. The number of rotatable bonds is 8. The smallest absolute Gasteiger partial charge is 0.260 e. The predicted octanol–water partition coefficient (Wildman–Crippen LogP) is 3.46. The zero-order chi connectivity index (χ0) is 24.6. The lowest BCUT2D eigenvalue weighted by Crippen LogP contribution is -2.50. The number of piperazine rings is 1. The first-order chi connectivity index (χ1) is 17.1. The summed E-state index contributed by atoms with van der Waals surface area (Å²) >= 11 is 0. The van der Waals surface area contributed by atoms with E-state index in [2.05, 4.69) is 11.1 Å². The van der Waals surface area contributed by atoms with E-state index in [0.717, 1.165) is 17.1 Å². The van der Waals surface area contributed by atoms with Crippen molar-refractivity contribution in [1.82, 2.24) is 9.88 Å². The van der Waals surface area contributed by atoms with E-state index in [-0.39, 0.29) is 18.2 Å². The number of oxazole rings is 1. The maximum Gasteiger partial charge on any atom is 0.260 e. The molecule has 2 heterocycles. The molecule has 0 spiro atoms. The summed E-state index contributed by atoms with van der Waals surface area (Å²) < 4.78 is 22.0. The van der Waals surface area contributed by atoms with Gasteiger partial charge in [-0.2, -0.15) is 10.2 Å². The first-order valence-corrected chi connectivity index (χ1v) is 11.1. The second kappa shape index (κ2) is 11.1. The van der Waals surface area contributed by atoms with Gasteiger partial charge in [-0.3, -0.25) is 4.79 Å². The number of hydrogen-bond acceptors (Lipinski definition) is 8. The van der Waals surface area contributed by atoms with Gasteiger partial charge in [-0.1, -0.05) is 18.2 Å². The first kappa shape index (κ1) is 23.7. The Labute approximate surface area is 203 Å². The Kier molecular flexibility index (Phi) is 7.53. The highest BCUT2D eigenvalue weighted by atomic mass is 16.5. The molecule has 0 atom stereocenters. The highest BCUT2D eigenvalue weighted by Gasteiger charge is 2.26. The number of methoxy groups -OCH3 is 2. The van der Waals surface area contributed by atoms with Crippen LogP contribution in [0.15, 0.2) is 52.9 Å². The minimum atomic E-state index is -0.0982. The highest BCUT2D eigenvalue weighted by Crippen LogP contribution is 2.26. The lowest BCUT2D eigenvalue weighted by atomic mass is 10.2. The Bertz CT molecular complexity index is 1220. The number of nitrogens with zero attached hydrogens (tertiary/aromatic N) is 4. The van der Waals surface area contributed by atoms with Gasteiger partial charge in [0.1, 0.15) is 23.3 Å². The maximum absolute atomic E-state index is 12.6. The summed E-state index contributed by atoms with van der Waals surface area (Å²) in [6.07, 6.45) is 3.54. The van der Waals surface area contributed by atoms with Gasteiger partial charge < -0.3 is 28.4 Å². The third-order valence-corrected chi connectivity index (χ3v) is 5.62. The Morgan fingerprint density at radius 2 is 1.74 bits per heavy atom. The van der Waals surface area contributed by atoms with Gasteiger partial charge in [0.25, 0.3) is 5.91 Å². The van der Waals surface area contributed by atoms with Crippen LogP contribution in [0.1, 0.15) is 17.1 Å². The van der Waals surface area contributed by atoms with Gasteiger partial charge in [-0.25, -0.2) is 0 Å². The number of amides is 1. The fourth-order valence-corrected chi connectivity index (χ4v) is 3.72. The fraction of sp³-hybridized carbons (Fsp3) is 0.269. The average Bonchev–Trinajstić information content (AvgIpc) is 3.34. The molecule has 0 bridgehead atoms. The third kappa shape index (κ3) is 5.73. The van der Waals surface area contributed by atoms with Gasteiger partial charge in [0, 0.05) is 37.8 Å². The minimum absolute atomic E-state index is 0.0457. The standard InChI is InChI=1S/C26H26N4O5/c1-32-20-8-10-21(11-9-20)34-18-25(31)29-13-15-30(16-14-29)26-22(17-27)28-24(35-26)12-7-19-5-3-4-6-23(19)33-2/h3-12H,13-16,18H2,1-2H3/b12-7+. The van der Waals surface area contributed by atoms with E-state index in [9.17, 15) is 10.1 Å². The van der Waals surface area contributed by atoms with Crippen LogP contribution in [-0.4, -0.2) is 62.8 Å². The van der Waals surface area contributed by atoms with Gasteiger partial charge in [0.2, 0.25) is 17.5 Å². The molecule has 1 amide bonds. The van der Waals surface area contributed by atoms with Crippen LogP contribution >= 0.6 is 0 Å². The molecular weight excluding hydrogens is 448 g/mol. The Balaban J connectivity index is 1.34. The lowest BCUT2D eigenvalue weighted by Gasteiger charge is -2.34. The largest absolute Gasteiger partial charge is 0.497 e. The van der Waals surface area contributed by atoms with Crippen molar-refractivity contribution in [3.63, 3.8) is 0 Å². The summed E-state index contributed by atoms with van der Waals surface area (Å²) in [4.78, 5) is 20.6. The summed E-state index contributed by atoms with van der Waals surface area (Å²) in [5, 5.41) is 9.55. The van der Waals surface area contributed by atoms with Gasteiger partial charge in [-0.15, -0.1) is 0 Å². The molecule has 1 saturated heterocycles. The van der Waals surface area contributed by atoms with Gasteiger partial charge in [0.15, 0.2) is 6.61 Å². The number of ether oxygens (including phenoxy) is 3. The number of nitriles is 1. The van der Waals surface area contributed by atoms with Crippen molar-refractivity contribution < 1.29 is 23.4 Å². The van der Waals surface area contributed by atoms with Crippen molar-refractivity contribution >= 4 is 23.9 Å². The number of aromatic nitrogens is 1. The molecule has 0 aliphatic carbocycles. The van der Waals surface area contributed by atoms with Gasteiger partial charge in [0.05, 0.1) is 14.2 Å². The third-order valence-electron chi connectivity index (χ3n) is 5.62. The Morgan fingerprint density at radius 3 is 2.43 bits per heavy atom. The molecule has 9 heteroatoms. The van der Waals surface area contributed by atoms with Crippen LogP contribution in [0.4, 0.5) is 5.88 Å². The molecule has 0 radical (unpaired) electrons. The number of hydrogen-bond donors (Lipinski definition) is 0. The molecule has 0 saturated carbocycles. The molecule has 1 aliphatic rings. The fourth-order valence-electron chi connectivity index (χ4n) is 3.72. The Morgan fingerprint density at radius 1 is 1.03 bits per heavy atom. The maximum atomic E-state index is 12.6. The molecule has 0 unspecified atom stereocenters. The van der Waals surface area contributed by atoms with Crippen molar-refractivity contribution in [2.45, 2.75) is 0 Å². The quantitative estimate of drug-likeness (QED) is 0.489. The SMILES string of the molecule is COc1ccc(OCC(=O)N2CCN(c3oc(/C=C/c4ccccc4OC)nc3C#N)CC2)cc1. The normalized spacial score (nSPS) is 13.5. The number of carbonyl (C=O) groups is 1. The zero-order valence-corrected chi connectivity index (χ0v) is 19.6. The molecule has 2 aromatic carbocycles. The molecule has 9 nitrogen and oxygen atoms in total. The van der Waals surface area contributed by atoms with Crippen molar-refractivity contribution in [2.75, 3.05) is 51.9 Å². The molecular formula is C26H26N4O5. The van der Waals surface area contributed by atoms with Gasteiger partial charge >= 0.3 is 0 Å². The second-order valence-corrected chi connectivity index (χ2v) is 7.72. The molecule has 4 rings (SSSR count). The van der Waals surface area contributed by atoms with E-state index in [1.165, 1.54) is 0 Å². The second-order valence-electron chi connectivity index (χ2n) is 7.72. The van der Waals surface area contributed by atoms with Crippen LogP contribution in [0.5, 0.6) is 17.2 Å². The van der Waals surface area contributed by atoms with E-state index in [4.69, 9.17) is 18.6 Å². The highest BCUT2D eigenvalue weighted by molar-refractivity contribution is 5.78. The predicted molar refractivity (Wildman–Crippen MR) is 130 cm³/mol. The van der Waals surface area contributed by atoms with Crippen molar-refractivity contribution in [3.8, 4) is 23.3 Å². The molecule has 3 aromatic rings. The first-order valence-electron chi connectivity index (χ1n) is 11.1. The van der Waals surface area contributed by atoms with Crippen molar-refractivity contribution in [1.29, 1.82) is 5.26 Å². The molecule has 180 valence electrons. The monoisotopic (exact) mass is 474 g/mol. The summed E-state index contributed by atoms with van der Waals surface area (Å²) in [5.41, 5.74) is 1.09. The summed E-state index contributed by atoms with van der Waals surface area (Å²) in [6, 6.07) is 16.8. The molecule has 1 aliphatic heterocycles. The van der Waals surface area contributed by atoms with Crippen LogP contribution in [0.25, 0.3) is 12.2 Å². The number of carbonyl (C=O) groups excluding carboxylic acids is 1. The van der Waals surface area contributed by atoms with Crippen LogP contribution < -0.4 is 19.1 Å². The zero-order valence-electron chi connectivity index (χ0n) is 19.6. The molecule has 0 N–H and O–H groups in total. The van der Waals surface area contributed by atoms with Crippen molar-refractivity contribution in [2.24, 2.45) is 0 Å². The number of benzene rings is 2. The average molecular weight is 475 g/mol. The molecule has 35 heavy (non-hydrogen) atoms. The van der Waals surface area contributed by atoms with Gasteiger partial charge in [-0.05, 0) is 36.4 Å². The molecule has 1 aromatic heterocycles. The topological polar surface area (TPSA) is 101 Å². The number of anilines is 1. The minimum Gasteiger partial charge on any atom is -0.497 e. The Hall–Kier alpha value is -4.45.